The third kappa shape index (κ3) is 4.18. The molecule has 3 heteroatoms. The van der Waals surface area contributed by atoms with Crippen LogP contribution in [0.15, 0.2) is 24.3 Å². The summed E-state index contributed by atoms with van der Waals surface area (Å²) in [5, 5.41) is 4.28. The van der Waals surface area contributed by atoms with Crippen LogP contribution in [-0.2, 0) is 5.75 Å². The molecule has 1 saturated carbocycles. The number of rotatable bonds is 6. The van der Waals surface area contributed by atoms with Gasteiger partial charge in [-0.15, -0.1) is 0 Å². The van der Waals surface area contributed by atoms with Gasteiger partial charge in [-0.25, -0.2) is 0 Å². The Morgan fingerprint density at radius 3 is 2.78 bits per heavy atom. The summed E-state index contributed by atoms with van der Waals surface area (Å²) in [5.74, 6) is 3.27. The Morgan fingerprint density at radius 1 is 1.28 bits per heavy atom. The van der Waals surface area contributed by atoms with Crippen LogP contribution in [0.5, 0.6) is 0 Å². The van der Waals surface area contributed by atoms with Crippen LogP contribution in [0.25, 0.3) is 0 Å². The summed E-state index contributed by atoms with van der Waals surface area (Å²) in [5.41, 5.74) is 1.38. The second-order valence-corrected chi connectivity index (χ2v) is 6.60. The lowest BCUT2D eigenvalue weighted by Crippen LogP contribution is -2.29. The number of benzene rings is 1. The summed E-state index contributed by atoms with van der Waals surface area (Å²) >= 11 is 7.92. The Bertz CT molecular complexity index is 352. The van der Waals surface area contributed by atoms with Crippen LogP contribution < -0.4 is 5.32 Å². The Balaban J connectivity index is 1.65. The first-order valence-corrected chi connectivity index (χ1v) is 8.32. The molecule has 2 rings (SSSR count). The standard InChI is InChI=1S/C15H22ClNS/c1-17-15-4-2-3-13(15)9-10-18-11-12-5-7-14(16)8-6-12/h5-8,13,15,17H,2-4,9-11H2,1H3. The van der Waals surface area contributed by atoms with Crippen LogP contribution in [-0.4, -0.2) is 18.8 Å². The van der Waals surface area contributed by atoms with Crippen molar-refractivity contribution in [2.45, 2.75) is 37.5 Å². The summed E-state index contributed by atoms with van der Waals surface area (Å²) in [6.45, 7) is 0. The molecule has 0 heterocycles. The maximum Gasteiger partial charge on any atom is 0.0406 e. The Hall–Kier alpha value is -0.180. The highest BCUT2D eigenvalue weighted by Crippen LogP contribution is 2.29. The fourth-order valence-electron chi connectivity index (χ4n) is 2.77. The molecule has 1 aliphatic carbocycles. The minimum absolute atomic E-state index is 0.765. The number of hydrogen-bond acceptors (Lipinski definition) is 2. The lowest BCUT2D eigenvalue weighted by atomic mass is 10.0. The van der Waals surface area contributed by atoms with E-state index in [1.54, 1.807) is 0 Å². The van der Waals surface area contributed by atoms with Gasteiger partial charge >= 0.3 is 0 Å². The Kier molecular flexibility index (Phi) is 5.87. The first kappa shape index (κ1) is 14.2. The zero-order chi connectivity index (χ0) is 12.8. The molecular weight excluding hydrogens is 262 g/mol. The molecule has 0 radical (unpaired) electrons. The third-order valence-corrected chi connectivity index (χ3v) is 5.16. The van der Waals surface area contributed by atoms with Gasteiger partial charge in [0.15, 0.2) is 0 Å². The first-order chi connectivity index (χ1) is 8.79. The molecule has 2 unspecified atom stereocenters. The van der Waals surface area contributed by atoms with Crippen molar-refractivity contribution in [2.24, 2.45) is 5.92 Å². The largest absolute Gasteiger partial charge is 0.317 e. The lowest BCUT2D eigenvalue weighted by Gasteiger charge is -2.18. The van der Waals surface area contributed by atoms with Gasteiger partial charge in [0.05, 0.1) is 0 Å². The lowest BCUT2D eigenvalue weighted by molar-refractivity contribution is 0.417. The molecular formula is C15H22ClNS. The zero-order valence-electron chi connectivity index (χ0n) is 11.0. The van der Waals surface area contributed by atoms with Gasteiger partial charge in [0.1, 0.15) is 0 Å². The molecule has 2 atom stereocenters. The van der Waals surface area contributed by atoms with Gasteiger partial charge in [-0.3, -0.25) is 0 Å². The molecule has 1 N–H and O–H groups in total. The van der Waals surface area contributed by atoms with Crippen LogP contribution in [0.2, 0.25) is 5.02 Å². The molecule has 0 bridgehead atoms. The average molecular weight is 284 g/mol. The highest BCUT2D eigenvalue weighted by molar-refractivity contribution is 7.98. The Morgan fingerprint density at radius 2 is 2.06 bits per heavy atom. The summed E-state index contributed by atoms with van der Waals surface area (Å²) < 4.78 is 0. The molecule has 1 aliphatic rings. The summed E-state index contributed by atoms with van der Waals surface area (Å²) in [7, 11) is 2.10. The SMILES string of the molecule is CNC1CCCC1CCSCc1ccc(Cl)cc1. The van der Waals surface area contributed by atoms with Crippen LogP contribution >= 0.6 is 23.4 Å². The molecule has 0 saturated heterocycles. The highest BCUT2D eigenvalue weighted by atomic mass is 35.5. The number of halogens is 1. The van der Waals surface area contributed by atoms with E-state index in [-0.39, 0.29) is 0 Å². The predicted octanol–water partition coefficient (Wildman–Crippen LogP) is 4.35. The average Bonchev–Trinajstić information content (AvgIpc) is 2.84. The van der Waals surface area contributed by atoms with E-state index >= 15 is 0 Å². The van der Waals surface area contributed by atoms with Gasteiger partial charge in [-0.05, 0) is 55.7 Å². The van der Waals surface area contributed by atoms with Crippen LogP contribution in [0.1, 0.15) is 31.2 Å². The molecule has 0 spiro atoms. The zero-order valence-corrected chi connectivity index (χ0v) is 12.6. The molecule has 1 aromatic rings. The first-order valence-electron chi connectivity index (χ1n) is 6.79. The van der Waals surface area contributed by atoms with Crippen molar-refractivity contribution in [2.75, 3.05) is 12.8 Å². The summed E-state index contributed by atoms with van der Waals surface area (Å²) in [4.78, 5) is 0. The summed E-state index contributed by atoms with van der Waals surface area (Å²) in [6.07, 6.45) is 5.53. The number of hydrogen-bond donors (Lipinski definition) is 1. The van der Waals surface area contributed by atoms with E-state index in [4.69, 9.17) is 11.6 Å². The third-order valence-electron chi connectivity index (χ3n) is 3.84. The van der Waals surface area contributed by atoms with Crippen molar-refractivity contribution < 1.29 is 0 Å². The van der Waals surface area contributed by atoms with Gasteiger partial charge in [0, 0.05) is 16.8 Å². The summed E-state index contributed by atoms with van der Waals surface area (Å²) in [6, 6.07) is 8.97. The molecule has 18 heavy (non-hydrogen) atoms. The van der Waals surface area contributed by atoms with Crippen LogP contribution in [0, 0.1) is 5.92 Å². The Labute approximate surface area is 120 Å². The minimum atomic E-state index is 0.765. The van der Waals surface area contributed by atoms with Crippen molar-refractivity contribution in [1.29, 1.82) is 0 Å². The maximum absolute atomic E-state index is 5.88. The van der Waals surface area contributed by atoms with Crippen LogP contribution in [0.4, 0.5) is 0 Å². The smallest absolute Gasteiger partial charge is 0.0406 e. The monoisotopic (exact) mass is 283 g/mol. The van der Waals surface area contributed by atoms with Gasteiger partial charge in [-0.1, -0.05) is 30.2 Å². The fraction of sp³-hybridized carbons (Fsp3) is 0.600. The minimum Gasteiger partial charge on any atom is -0.317 e. The van der Waals surface area contributed by atoms with Gasteiger partial charge in [0.2, 0.25) is 0 Å². The topological polar surface area (TPSA) is 12.0 Å². The van der Waals surface area contributed by atoms with Crippen molar-refractivity contribution in [3.8, 4) is 0 Å². The quantitative estimate of drug-likeness (QED) is 0.779. The molecule has 1 aromatic carbocycles. The second-order valence-electron chi connectivity index (χ2n) is 5.05. The van der Waals surface area contributed by atoms with E-state index in [2.05, 4.69) is 24.5 Å². The van der Waals surface area contributed by atoms with E-state index in [9.17, 15) is 0 Å². The normalized spacial score (nSPS) is 23.4. The van der Waals surface area contributed by atoms with Gasteiger partial charge < -0.3 is 5.32 Å². The molecule has 0 aromatic heterocycles. The molecule has 1 fully saturated rings. The van der Waals surface area contributed by atoms with E-state index in [1.165, 1.54) is 37.0 Å². The van der Waals surface area contributed by atoms with Crippen LogP contribution in [0.3, 0.4) is 0 Å². The molecule has 1 nitrogen and oxygen atoms in total. The maximum atomic E-state index is 5.88. The highest BCUT2D eigenvalue weighted by Gasteiger charge is 2.24. The van der Waals surface area contributed by atoms with Crippen molar-refractivity contribution >= 4 is 23.4 Å². The number of thioether (sulfide) groups is 1. The fourth-order valence-corrected chi connectivity index (χ4v) is 3.94. The van der Waals surface area contributed by atoms with E-state index in [1.807, 2.05) is 23.9 Å². The van der Waals surface area contributed by atoms with Gasteiger partial charge in [0.25, 0.3) is 0 Å². The second kappa shape index (κ2) is 7.42. The van der Waals surface area contributed by atoms with Crippen molar-refractivity contribution in [3.05, 3.63) is 34.9 Å². The predicted molar refractivity (Wildman–Crippen MR) is 82.4 cm³/mol. The van der Waals surface area contributed by atoms with E-state index in [0.717, 1.165) is 22.7 Å². The van der Waals surface area contributed by atoms with Crippen molar-refractivity contribution in [1.82, 2.24) is 5.32 Å². The van der Waals surface area contributed by atoms with Gasteiger partial charge in [-0.2, -0.15) is 11.8 Å². The van der Waals surface area contributed by atoms with E-state index in [0.29, 0.717) is 0 Å². The molecule has 0 amide bonds. The molecule has 0 aliphatic heterocycles. The van der Waals surface area contributed by atoms with E-state index < -0.39 is 0 Å². The molecule has 100 valence electrons. The van der Waals surface area contributed by atoms with Crippen molar-refractivity contribution in [3.63, 3.8) is 0 Å². The number of nitrogens with one attached hydrogen (secondary N) is 1.